The zero-order chi connectivity index (χ0) is 14.2. The van der Waals surface area contributed by atoms with Crippen LogP contribution in [0, 0.1) is 11.3 Å². The standard InChI is InChI=1S/C14H7N5OS/c15-5-10-3-9(7-16-10)14-18-13(19-20-14)8-4-12-11(17-6-8)1-2-21-12/h1-4,6-7,16H. The van der Waals surface area contributed by atoms with Gasteiger partial charge in [-0.25, -0.2) is 0 Å². The van der Waals surface area contributed by atoms with Crippen molar-refractivity contribution >= 4 is 21.6 Å². The van der Waals surface area contributed by atoms with Gasteiger partial charge >= 0.3 is 0 Å². The van der Waals surface area contributed by atoms with E-state index in [0.717, 1.165) is 15.8 Å². The molecule has 4 rings (SSSR count). The van der Waals surface area contributed by atoms with E-state index in [4.69, 9.17) is 9.78 Å². The minimum atomic E-state index is 0.369. The Labute approximate surface area is 122 Å². The summed E-state index contributed by atoms with van der Waals surface area (Å²) in [5.41, 5.74) is 2.90. The molecule has 0 fully saturated rings. The number of nitrogens with zero attached hydrogens (tertiary/aromatic N) is 4. The number of aromatic amines is 1. The lowest BCUT2D eigenvalue weighted by Crippen LogP contribution is -1.82. The summed E-state index contributed by atoms with van der Waals surface area (Å²) in [5.74, 6) is 0.849. The van der Waals surface area contributed by atoms with Gasteiger partial charge in [0.1, 0.15) is 11.8 Å². The number of pyridine rings is 1. The molecule has 0 amide bonds. The number of thiophene rings is 1. The van der Waals surface area contributed by atoms with E-state index in [0.29, 0.717) is 23.0 Å². The van der Waals surface area contributed by atoms with E-state index in [1.54, 1.807) is 29.8 Å². The highest BCUT2D eigenvalue weighted by molar-refractivity contribution is 7.17. The molecular weight excluding hydrogens is 286 g/mol. The Kier molecular flexibility index (Phi) is 2.55. The first kappa shape index (κ1) is 11.8. The lowest BCUT2D eigenvalue weighted by atomic mass is 10.2. The van der Waals surface area contributed by atoms with Crippen LogP contribution in [0.4, 0.5) is 0 Å². The predicted molar refractivity (Wildman–Crippen MR) is 77.4 cm³/mol. The summed E-state index contributed by atoms with van der Waals surface area (Å²) in [6.07, 6.45) is 3.39. The summed E-state index contributed by atoms with van der Waals surface area (Å²) in [4.78, 5) is 11.5. The molecule has 0 aromatic carbocycles. The van der Waals surface area contributed by atoms with Crippen LogP contribution in [0.2, 0.25) is 0 Å². The SMILES string of the molecule is N#Cc1cc(-c2nc(-c3cnc4ccsc4c3)no2)c[nH]1. The van der Waals surface area contributed by atoms with Gasteiger partial charge in [-0.15, -0.1) is 11.3 Å². The molecule has 6 nitrogen and oxygen atoms in total. The number of aromatic nitrogens is 4. The Morgan fingerprint density at radius 2 is 2.24 bits per heavy atom. The first-order chi connectivity index (χ1) is 10.3. The minimum absolute atomic E-state index is 0.369. The fourth-order valence-electron chi connectivity index (χ4n) is 2.01. The van der Waals surface area contributed by atoms with Crippen LogP contribution in [0.15, 0.2) is 40.5 Å². The molecule has 4 aromatic rings. The second-order valence-electron chi connectivity index (χ2n) is 4.36. The molecule has 0 unspecified atom stereocenters. The van der Waals surface area contributed by atoms with Crippen molar-refractivity contribution in [1.82, 2.24) is 20.1 Å². The molecular formula is C14H7N5OS. The predicted octanol–water partition coefficient (Wildman–Crippen LogP) is 3.21. The van der Waals surface area contributed by atoms with Crippen LogP contribution in [0.3, 0.4) is 0 Å². The fourth-order valence-corrected chi connectivity index (χ4v) is 2.79. The Hall–Kier alpha value is -2.98. The Balaban J connectivity index is 1.74. The highest BCUT2D eigenvalue weighted by Crippen LogP contribution is 2.26. The first-order valence-corrected chi connectivity index (χ1v) is 6.98. The second kappa shape index (κ2) is 4.54. The van der Waals surface area contributed by atoms with Crippen LogP contribution in [0.5, 0.6) is 0 Å². The van der Waals surface area contributed by atoms with Gasteiger partial charge in [-0.1, -0.05) is 5.16 Å². The van der Waals surface area contributed by atoms with Crippen LogP contribution in [-0.4, -0.2) is 20.1 Å². The average molecular weight is 293 g/mol. The molecule has 100 valence electrons. The molecule has 21 heavy (non-hydrogen) atoms. The van der Waals surface area contributed by atoms with Gasteiger partial charge in [0.05, 0.1) is 15.8 Å². The van der Waals surface area contributed by atoms with Gasteiger partial charge in [-0.05, 0) is 23.6 Å². The van der Waals surface area contributed by atoms with Crippen LogP contribution in [0.25, 0.3) is 33.1 Å². The number of nitrogens with one attached hydrogen (secondary N) is 1. The van der Waals surface area contributed by atoms with Crippen molar-refractivity contribution in [3.63, 3.8) is 0 Å². The number of nitriles is 1. The molecule has 0 saturated carbocycles. The van der Waals surface area contributed by atoms with Gasteiger partial charge in [-0.2, -0.15) is 10.2 Å². The molecule has 0 saturated heterocycles. The first-order valence-electron chi connectivity index (χ1n) is 6.10. The highest BCUT2D eigenvalue weighted by atomic mass is 32.1. The molecule has 0 spiro atoms. The van der Waals surface area contributed by atoms with E-state index in [1.807, 2.05) is 23.6 Å². The molecule has 4 heterocycles. The number of fused-ring (bicyclic) bond motifs is 1. The minimum Gasteiger partial charge on any atom is -0.352 e. The Morgan fingerprint density at radius 3 is 3.10 bits per heavy atom. The van der Waals surface area contributed by atoms with Gasteiger partial charge < -0.3 is 9.51 Å². The van der Waals surface area contributed by atoms with Crippen molar-refractivity contribution in [3.8, 4) is 28.9 Å². The van der Waals surface area contributed by atoms with E-state index >= 15 is 0 Å². The lowest BCUT2D eigenvalue weighted by molar-refractivity contribution is 0.432. The summed E-state index contributed by atoms with van der Waals surface area (Å²) >= 11 is 1.62. The summed E-state index contributed by atoms with van der Waals surface area (Å²) in [5, 5.41) is 14.8. The van der Waals surface area contributed by atoms with Crippen LogP contribution < -0.4 is 0 Å². The number of hydrogen-bond acceptors (Lipinski definition) is 6. The maximum Gasteiger partial charge on any atom is 0.259 e. The molecule has 0 aliphatic carbocycles. The Bertz CT molecular complexity index is 975. The third-order valence-corrected chi connectivity index (χ3v) is 3.89. The molecule has 7 heteroatoms. The van der Waals surface area contributed by atoms with E-state index < -0.39 is 0 Å². The van der Waals surface area contributed by atoms with Crippen molar-refractivity contribution in [2.24, 2.45) is 0 Å². The quantitative estimate of drug-likeness (QED) is 0.612. The van der Waals surface area contributed by atoms with Crippen molar-refractivity contribution in [3.05, 3.63) is 41.7 Å². The largest absolute Gasteiger partial charge is 0.352 e. The smallest absolute Gasteiger partial charge is 0.259 e. The molecule has 0 radical (unpaired) electrons. The van der Waals surface area contributed by atoms with E-state index in [9.17, 15) is 0 Å². The fraction of sp³-hybridized carbons (Fsp3) is 0. The van der Waals surface area contributed by atoms with E-state index in [2.05, 4.69) is 20.1 Å². The van der Waals surface area contributed by atoms with Gasteiger partial charge in [0, 0.05) is 18.0 Å². The van der Waals surface area contributed by atoms with Crippen LogP contribution >= 0.6 is 11.3 Å². The van der Waals surface area contributed by atoms with Gasteiger partial charge in [0.2, 0.25) is 5.82 Å². The zero-order valence-electron chi connectivity index (χ0n) is 10.6. The van der Waals surface area contributed by atoms with Crippen LogP contribution in [-0.2, 0) is 0 Å². The number of rotatable bonds is 2. The van der Waals surface area contributed by atoms with Crippen molar-refractivity contribution in [2.75, 3.05) is 0 Å². The summed E-state index contributed by atoms with van der Waals surface area (Å²) in [7, 11) is 0. The van der Waals surface area contributed by atoms with Crippen molar-refractivity contribution < 1.29 is 4.52 Å². The maximum atomic E-state index is 8.81. The van der Waals surface area contributed by atoms with Gasteiger partial charge in [0.25, 0.3) is 5.89 Å². The van der Waals surface area contributed by atoms with Gasteiger partial charge in [-0.3, -0.25) is 4.98 Å². The van der Waals surface area contributed by atoms with Gasteiger partial charge in [0.15, 0.2) is 0 Å². The summed E-state index contributed by atoms with van der Waals surface area (Å²) in [6, 6.07) is 7.64. The molecule has 4 aromatic heterocycles. The lowest BCUT2D eigenvalue weighted by Gasteiger charge is -1.93. The average Bonchev–Trinajstić information content (AvgIpc) is 3.24. The normalized spacial score (nSPS) is 10.8. The molecule has 0 atom stereocenters. The topological polar surface area (TPSA) is 91.4 Å². The number of hydrogen-bond donors (Lipinski definition) is 1. The van der Waals surface area contributed by atoms with E-state index in [-0.39, 0.29) is 0 Å². The third-order valence-electron chi connectivity index (χ3n) is 3.04. The Morgan fingerprint density at radius 1 is 1.29 bits per heavy atom. The zero-order valence-corrected chi connectivity index (χ0v) is 11.4. The second-order valence-corrected chi connectivity index (χ2v) is 5.31. The molecule has 0 aliphatic heterocycles. The van der Waals surface area contributed by atoms with Crippen molar-refractivity contribution in [1.29, 1.82) is 5.26 Å². The molecule has 0 bridgehead atoms. The van der Waals surface area contributed by atoms with Crippen LogP contribution in [0.1, 0.15) is 5.69 Å². The number of H-pyrrole nitrogens is 1. The summed E-state index contributed by atoms with van der Waals surface area (Å²) in [6.45, 7) is 0. The third kappa shape index (κ3) is 1.98. The highest BCUT2D eigenvalue weighted by Gasteiger charge is 2.13. The monoisotopic (exact) mass is 293 g/mol. The molecule has 0 aliphatic rings. The maximum absolute atomic E-state index is 8.81. The van der Waals surface area contributed by atoms with E-state index in [1.165, 1.54) is 0 Å². The molecule has 1 N–H and O–H groups in total. The summed E-state index contributed by atoms with van der Waals surface area (Å²) < 4.78 is 6.32. The van der Waals surface area contributed by atoms with Crippen molar-refractivity contribution in [2.45, 2.75) is 0 Å².